The Morgan fingerprint density at radius 1 is 0.857 bits per heavy atom. The molecule has 0 bridgehead atoms. The van der Waals surface area contributed by atoms with E-state index in [4.69, 9.17) is 11.5 Å². The number of hydrogen-bond acceptors (Lipinski definition) is 2. The Kier molecular flexibility index (Phi) is 7.87. The summed E-state index contributed by atoms with van der Waals surface area (Å²) < 4.78 is 0. The van der Waals surface area contributed by atoms with Crippen molar-refractivity contribution in [2.45, 2.75) is 44.9 Å². The van der Waals surface area contributed by atoms with Gasteiger partial charge in [0.05, 0.1) is 0 Å². The maximum absolute atomic E-state index is 11.4. The molecule has 0 aromatic heterocycles. The number of primary amides is 2. The van der Waals surface area contributed by atoms with Crippen molar-refractivity contribution >= 4 is 17.9 Å². The molecule has 0 aliphatic rings. The average Bonchev–Trinajstić information content (AvgIpc) is 2.45. The summed E-state index contributed by atoms with van der Waals surface area (Å²) in [4.78, 5) is 22.0. The quantitative estimate of drug-likeness (QED) is 0.512. The first-order valence-electron chi connectivity index (χ1n) is 7.43. The third-order valence-electron chi connectivity index (χ3n) is 3.33. The standard InChI is InChI=1S/C17H24N2O2/c18-16(20)12-8-3-1-2-7-11-15(17(19)21)13-14-9-5-4-6-10-14/h4-6,9-10,13H,1-3,7-8,11-12H2,(H2,18,20)(H2,19,21). The molecular formula is C17H24N2O2. The van der Waals surface area contributed by atoms with Gasteiger partial charge in [0.15, 0.2) is 0 Å². The predicted octanol–water partition coefficient (Wildman–Crippen LogP) is 2.77. The van der Waals surface area contributed by atoms with Crippen LogP contribution in [0.5, 0.6) is 0 Å². The molecule has 0 heterocycles. The summed E-state index contributed by atoms with van der Waals surface area (Å²) >= 11 is 0. The highest BCUT2D eigenvalue weighted by Gasteiger charge is 2.05. The molecule has 4 N–H and O–H groups in total. The van der Waals surface area contributed by atoms with Gasteiger partial charge in [-0.3, -0.25) is 9.59 Å². The van der Waals surface area contributed by atoms with Crippen LogP contribution < -0.4 is 11.5 Å². The minimum absolute atomic E-state index is 0.239. The second-order valence-corrected chi connectivity index (χ2v) is 5.18. The predicted molar refractivity (Wildman–Crippen MR) is 85.1 cm³/mol. The molecule has 0 spiro atoms. The van der Waals surface area contributed by atoms with Gasteiger partial charge in [-0.2, -0.15) is 0 Å². The lowest BCUT2D eigenvalue weighted by atomic mass is 10.0. The van der Waals surface area contributed by atoms with Crippen molar-refractivity contribution in [2.75, 3.05) is 0 Å². The molecular weight excluding hydrogens is 264 g/mol. The Balaban J connectivity index is 2.31. The highest BCUT2D eigenvalue weighted by molar-refractivity contribution is 5.96. The number of carbonyl (C=O) groups is 2. The van der Waals surface area contributed by atoms with E-state index in [0.29, 0.717) is 18.4 Å². The van der Waals surface area contributed by atoms with Crippen LogP contribution >= 0.6 is 0 Å². The van der Waals surface area contributed by atoms with Crippen LogP contribution in [0.1, 0.15) is 50.5 Å². The average molecular weight is 288 g/mol. The van der Waals surface area contributed by atoms with Gasteiger partial charge in [-0.25, -0.2) is 0 Å². The first kappa shape index (κ1) is 17.0. The second-order valence-electron chi connectivity index (χ2n) is 5.18. The lowest BCUT2D eigenvalue weighted by Crippen LogP contribution is -2.13. The van der Waals surface area contributed by atoms with Crippen LogP contribution in [0.2, 0.25) is 0 Å². The van der Waals surface area contributed by atoms with Gasteiger partial charge in [-0.15, -0.1) is 0 Å². The smallest absolute Gasteiger partial charge is 0.244 e. The maximum atomic E-state index is 11.4. The first-order chi connectivity index (χ1) is 10.1. The summed E-state index contributed by atoms with van der Waals surface area (Å²) in [7, 11) is 0. The van der Waals surface area contributed by atoms with Crippen LogP contribution in [0.25, 0.3) is 6.08 Å². The summed E-state index contributed by atoms with van der Waals surface area (Å²) in [6.45, 7) is 0. The Morgan fingerprint density at radius 3 is 2.00 bits per heavy atom. The van der Waals surface area contributed by atoms with E-state index in [0.717, 1.165) is 37.7 Å². The third-order valence-corrected chi connectivity index (χ3v) is 3.33. The number of nitrogens with two attached hydrogens (primary N) is 2. The summed E-state index contributed by atoms with van der Waals surface area (Å²) in [5.41, 5.74) is 12.2. The molecule has 1 aromatic carbocycles. The monoisotopic (exact) mass is 288 g/mol. The highest BCUT2D eigenvalue weighted by Crippen LogP contribution is 2.15. The summed E-state index contributed by atoms with van der Waals surface area (Å²) in [6.07, 6.45) is 7.85. The fraction of sp³-hybridized carbons (Fsp3) is 0.412. The first-order valence-corrected chi connectivity index (χ1v) is 7.43. The summed E-state index contributed by atoms with van der Waals surface area (Å²) in [6, 6.07) is 9.71. The molecule has 0 unspecified atom stereocenters. The van der Waals surface area contributed by atoms with Crippen LogP contribution in [-0.4, -0.2) is 11.8 Å². The van der Waals surface area contributed by atoms with Gasteiger partial charge in [0.1, 0.15) is 0 Å². The highest BCUT2D eigenvalue weighted by atomic mass is 16.1. The molecule has 2 amide bonds. The van der Waals surface area contributed by atoms with Crippen molar-refractivity contribution in [3.63, 3.8) is 0 Å². The third kappa shape index (κ3) is 7.92. The van der Waals surface area contributed by atoms with E-state index in [2.05, 4.69) is 0 Å². The van der Waals surface area contributed by atoms with E-state index in [1.54, 1.807) is 0 Å². The second kappa shape index (κ2) is 9.75. The fourth-order valence-electron chi connectivity index (χ4n) is 2.16. The van der Waals surface area contributed by atoms with Gasteiger partial charge in [0.2, 0.25) is 11.8 Å². The Bertz CT molecular complexity index is 481. The van der Waals surface area contributed by atoms with Crippen LogP contribution in [0.15, 0.2) is 35.9 Å². The van der Waals surface area contributed by atoms with Crippen LogP contribution in [0, 0.1) is 0 Å². The zero-order valence-electron chi connectivity index (χ0n) is 12.4. The molecule has 0 saturated heterocycles. The van der Waals surface area contributed by atoms with Crippen molar-refractivity contribution < 1.29 is 9.59 Å². The number of unbranched alkanes of at least 4 members (excludes halogenated alkanes) is 4. The summed E-state index contributed by atoms with van der Waals surface area (Å²) in [5.74, 6) is -0.593. The van der Waals surface area contributed by atoms with Gasteiger partial charge in [0, 0.05) is 12.0 Å². The van der Waals surface area contributed by atoms with E-state index < -0.39 is 0 Å². The largest absolute Gasteiger partial charge is 0.370 e. The SMILES string of the molecule is NC(=O)CCCCCCCC(=Cc1ccccc1)C(N)=O. The van der Waals surface area contributed by atoms with Gasteiger partial charge < -0.3 is 11.5 Å². The van der Waals surface area contributed by atoms with E-state index in [1.807, 2.05) is 36.4 Å². The Morgan fingerprint density at radius 2 is 1.43 bits per heavy atom. The zero-order valence-corrected chi connectivity index (χ0v) is 12.4. The van der Waals surface area contributed by atoms with Gasteiger partial charge >= 0.3 is 0 Å². The molecule has 0 saturated carbocycles. The number of amides is 2. The topological polar surface area (TPSA) is 86.2 Å². The molecule has 0 aliphatic heterocycles. The van der Waals surface area contributed by atoms with Gasteiger partial charge in [0.25, 0.3) is 0 Å². The molecule has 1 aromatic rings. The van der Waals surface area contributed by atoms with E-state index in [-0.39, 0.29) is 11.8 Å². The lowest BCUT2D eigenvalue weighted by molar-refractivity contribution is -0.118. The van der Waals surface area contributed by atoms with E-state index in [9.17, 15) is 9.59 Å². The number of rotatable bonds is 10. The molecule has 0 fully saturated rings. The molecule has 0 atom stereocenters. The van der Waals surface area contributed by atoms with Crippen molar-refractivity contribution in [3.05, 3.63) is 41.5 Å². The van der Waals surface area contributed by atoms with Crippen LogP contribution in [0.3, 0.4) is 0 Å². The molecule has 4 nitrogen and oxygen atoms in total. The van der Waals surface area contributed by atoms with E-state index >= 15 is 0 Å². The zero-order chi connectivity index (χ0) is 15.5. The lowest BCUT2D eigenvalue weighted by Gasteiger charge is -2.04. The van der Waals surface area contributed by atoms with Crippen LogP contribution in [-0.2, 0) is 9.59 Å². The molecule has 0 aliphatic carbocycles. The van der Waals surface area contributed by atoms with Crippen molar-refractivity contribution in [1.82, 2.24) is 0 Å². The normalized spacial score (nSPS) is 11.3. The molecule has 0 radical (unpaired) electrons. The summed E-state index contributed by atoms with van der Waals surface area (Å²) in [5, 5.41) is 0. The Hall–Kier alpha value is -2.10. The fourth-order valence-corrected chi connectivity index (χ4v) is 2.16. The molecule has 21 heavy (non-hydrogen) atoms. The minimum Gasteiger partial charge on any atom is -0.370 e. The molecule has 4 heteroatoms. The van der Waals surface area contributed by atoms with E-state index in [1.165, 1.54) is 0 Å². The number of hydrogen-bond donors (Lipinski definition) is 2. The van der Waals surface area contributed by atoms with Gasteiger partial charge in [-0.05, 0) is 30.9 Å². The van der Waals surface area contributed by atoms with Gasteiger partial charge in [-0.1, -0.05) is 49.6 Å². The Labute approximate surface area is 126 Å². The number of benzene rings is 1. The number of carbonyl (C=O) groups excluding carboxylic acids is 2. The van der Waals surface area contributed by atoms with Crippen molar-refractivity contribution in [2.24, 2.45) is 11.5 Å². The van der Waals surface area contributed by atoms with Crippen molar-refractivity contribution in [3.8, 4) is 0 Å². The van der Waals surface area contributed by atoms with Crippen molar-refractivity contribution in [1.29, 1.82) is 0 Å². The molecule has 114 valence electrons. The molecule has 1 rings (SSSR count). The van der Waals surface area contributed by atoms with Crippen LogP contribution in [0.4, 0.5) is 0 Å². The minimum atomic E-state index is -0.354. The maximum Gasteiger partial charge on any atom is 0.244 e.